The third kappa shape index (κ3) is 2.87. The van der Waals surface area contributed by atoms with E-state index in [-0.39, 0.29) is 0 Å². The number of hydrogen-bond acceptors (Lipinski definition) is 2. The Morgan fingerprint density at radius 3 is 1.90 bits per heavy atom. The van der Waals surface area contributed by atoms with E-state index >= 15 is 0 Å². The molecule has 0 aliphatic heterocycles. The molecule has 0 N–H and O–H groups in total. The van der Waals surface area contributed by atoms with Crippen molar-refractivity contribution in [1.82, 2.24) is 4.57 Å². The number of aromatic nitrogens is 1. The summed E-state index contributed by atoms with van der Waals surface area (Å²) in [4.78, 5) is 0. The van der Waals surface area contributed by atoms with Crippen LogP contribution in [0.25, 0.3) is 82.5 Å². The fourth-order valence-corrected chi connectivity index (χ4v) is 6.29. The molecule has 0 fully saturated rings. The van der Waals surface area contributed by atoms with Gasteiger partial charge in [0.05, 0.1) is 11.0 Å². The third-order valence-corrected chi connectivity index (χ3v) is 8.01. The predicted molar refractivity (Wildman–Crippen MR) is 161 cm³/mol. The highest BCUT2D eigenvalue weighted by Crippen LogP contribution is 2.40. The maximum absolute atomic E-state index is 6.41. The summed E-state index contributed by atoms with van der Waals surface area (Å²) in [6.07, 6.45) is 0. The quantitative estimate of drug-likeness (QED) is 0.237. The van der Waals surface area contributed by atoms with Crippen molar-refractivity contribution in [3.8, 4) is 16.8 Å². The summed E-state index contributed by atoms with van der Waals surface area (Å²) in [5.74, 6) is 0. The van der Waals surface area contributed by atoms with Crippen molar-refractivity contribution in [2.45, 2.75) is 0 Å². The van der Waals surface area contributed by atoms with E-state index in [1.807, 2.05) is 18.2 Å². The third-order valence-electron chi connectivity index (χ3n) is 8.01. The van der Waals surface area contributed by atoms with E-state index < -0.39 is 0 Å². The van der Waals surface area contributed by atoms with Gasteiger partial charge in [-0.05, 0) is 65.7 Å². The van der Waals surface area contributed by atoms with Crippen LogP contribution in [0.4, 0.5) is 0 Å². The molecule has 3 aromatic heterocycles. The van der Waals surface area contributed by atoms with Crippen LogP contribution in [0, 0.1) is 0 Å². The SMILES string of the molecule is c1ccc2c(c1)oc1cccc(-c3ccc4c(c3)oc3ccc(-n5c6ccccc6c6ccccc65)cc34)c12. The highest BCUT2D eigenvalue weighted by molar-refractivity contribution is 6.14. The average molecular weight is 500 g/mol. The molecule has 3 heteroatoms. The van der Waals surface area contributed by atoms with Crippen molar-refractivity contribution in [1.29, 1.82) is 0 Å². The number of fused-ring (bicyclic) bond motifs is 9. The van der Waals surface area contributed by atoms with E-state index in [1.165, 1.54) is 21.8 Å². The minimum absolute atomic E-state index is 0.881. The molecular formula is C36H21NO2. The van der Waals surface area contributed by atoms with E-state index in [2.05, 4.69) is 114 Å². The van der Waals surface area contributed by atoms with Gasteiger partial charge in [-0.15, -0.1) is 0 Å². The Kier molecular flexibility index (Phi) is 4.05. The minimum Gasteiger partial charge on any atom is -0.456 e. The van der Waals surface area contributed by atoms with Crippen molar-refractivity contribution >= 4 is 65.7 Å². The summed E-state index contributed by atoms with van der Waals surface area (Å²) in [6.45, 7) is 0. The second-order valence-electron chi connectivity index (χ2n) is 10.1. The molecule has 182 valence electrons. The van der Waals surface area contributed by atoms with Gasteiger partial charge in [-0.25, -0.2) is 0 Å². The van der Waals surface area contributed by atoms with Gasteiger partial charge in [-0.3, -0.25) is 0 Å². The van der Waals surface area contributed by atoms with Gasteiger partial charge in [0.1, 0.15) is 22.3 Å². The summed E-state index contributed by atoms with van der Waals surface area (Å²) in [5.41, 5.74) is 9.36. The number of para-hydroxylation sites is 3. The van der Waals surface area contributed by atoms with Crippen LogP contribution in [0.3, 0.4) is 0 Å². The van der Waals surface area contributed by atoms with Crippen LogP contribution in [0.5, 0.6) is 0 Å². The van der Waals surface area contributed by atoms with E-state index in [4.69, 9.17) is 8.83 Å². The summed E-state index contributed by atoms with van der Waals surface area (Å²) in [6, 6.07) is 44.7. The van der Waals surface area contributed by atoms with E-state index in [0.29, 0.717) is 0 Å². The molecule has 0 saturated heterocycles. The van der Waals surface area contributed by atoms with Gasteiger partial charge in [0, 0.05) is 38.0 Å². The van der Waals surface area contributed by atoms with Crippen LogP contribution >= 0.6 is 0 Å². The van der Waals surface area contributed by atoms with E-state index in [1.54, 1.807) is 0 Å². The molecule has 9 aromatic rings. The van der Waals surface area contributed by atoms with Gasteiger partial charge >= 0.3 is 0 Å². The van der Waals surface area contributed by atoms with Gasteiger partial charge < -0.3 is 13.4 Å². The van der Waals surface area contributed by atoms with Crippen molar-refractivity contribution in [2.75, 3.05) is 0 Å². The average Bonchev–Trinajstić information content (AvgIpc) is 3.65. The second-order valence-corrected chi connectivity index (χ2v) is 10.1. The highest BCUT2D eigenvalue weighted by atomic mass is 16.3. The first kappa shape index (κ1) is 20.7. The zero-order valence-electron chi connectivity index (χ0n) is 20.9. The minimum atomic E-state index is 0.881. The van der Waals surface area contributed by atoms with Gasteiger partial charge in [0.25, 0.3) is 0 Å². The van der Waals surface area contributed by atoms with Gasteiger partial charge in [0.2, 0.25) is 0 Å². The van der Waals surface area contributed by atoms with E-state index in [9.17, 15) is 0 Å². The number of benzene rings is 6. The lowest BCUT2D eigenvalue weighted by Crippen LogP contribution is -1.93. The monoisotopic (exact) mass is 499 g/mol. The Morgan fingerprint density at radius 2 is 1.08 bits per heavy atom. The number of furan rings is 2. The normalized spacial score (nSPS) is 12.1. The van der Waals surface area contributed by atoms with Crippen LogP contribution in [-0.2, 0) is 0 Å². The lowest BCUT2D eigenvalue weighted by molar-refractivity contribution is 0.668. The summed E-state index contributed by atoms with van der Waals surface area (Å²) in [5, 5.41) is 7.01. The predicted octanol–water partition coefficient (Wildman–Crippen LogP) is 10.2. The van der Waals surface area contributed by atoms with Crippen LogP contribution in [0.2, 0.25) is 0 Å². The lowest BCUT2D eigenvalue weighted by Gasteiger charge is -2.08. The molecule has 3 nitrogen and oxygen atoms in total. The summed E-state index contributed by atoms with van der Waals surface area (Å²) in [7, 11) is 0. The van der Waals surface area contributed by atoms with Crippen molar-refractivity contribution in [2.24, 2.45) is 0 Å². The highest BCUT2D eigenvalue weighted by Gasteiger charge is 2.16. The smallest absolute Gasteiger partial charge is 0.136 e. The molecule has 0 aliphatic rings. The van der Waals surface area contributed by atoms with Gasteiger partial charge in [-0.2, -0.15) is 0 Å². The van der Waals surface area contributed by atoms with Crippen LogP contribution in [0.15, 0.2) is 136 Å². The van der Waals surface area contributed by atoms with Gasteiger partial charge in [0.15, 0.2) is 0 Å². The molecule has 0 atom stereocenters. The fourth-order valence-electron chi connectivity index (χ4n) is 6.29. The number of hydrogen-bond donors (Lipinski definition) is 0. The maximum atomic E-state index is 6.41. The maximum Gasteiger partial charge on any atom is 0.136 e. The van der Waals surface area contributed by atoms with Crippen LogP contribution in [-0.4, -0.2) is 4.57 Å². The Hall–Kier alpha value is -5.28. The molecule has 9 rings (SSSR count). The summed E-state index contributed by atoms with van der Waals surface area (Å²) < 4.78 is 14.9. The Bertz CT molecular complexity index is 2350. The zero-order chi connectivity index (χ0) is 25.5. The zero-order valence-corrected chi connectivity index (χ0v) is 20.9. The van der Waals surface area contributed by atoms with Crippen molar-refractivity contribution < 1.29 is 8.83 Å². The first-order valence-corrected chi connectivity index (χ1v) is 13.2. The molecule has 39 heavy (non-hydrogen) atoms. The van der Waals surface area contributed by atoms with E-state index in [0.717, 1.165) is 60.7 Å². The molecule has 0 aliphatic carbocycles. The second kappa shape index (κ2) is 7.62. The lowest BCUT2D eigenvalue weighted by atomic mass is 9.98. The largest absolute Gasteiger partial charge is 0.456 e. The van der Waals surface area contributed by atoms with Crippen molar-refractivity contribution in [3.63, 3.8) is 0 Å². The molecular weight excluding hydrogens is 478 g/mol. The topological polar surface area (TPSA) is 31.2 Å². The summed E-state index contributed by atoms with van der Waals surface area (Å²) >= 11 is 0. The number of nitrogens with zero attached hydrogens (tertiary/aromatic N) is 1. The molecule has 0 unspecified atom stereocenters. The molecule has 6 aromatic carbocycles. The molecule has 0 bridgehead atoms. The molecule has 3 heterocycles. The molecule has 0 radical (unpaired) electrons. The molecule has 0 saturated carbocycles. The molecule has 0 amide bonds. The number of rotatable bonds is 2. The Labute approximate surface area is 223 Å². The van der Waals surface area contributed by atoms with Crippen molar-refractivity contribution in [3.05, 3.63) is 127 Å². The first-order chi connectivity index (χ1) is 19.3. The molecule has 0 spiro atoms. The van der Waals surface area contributed by atoms with Gasteiger partial charge in [-0.1, -0.05) is 72.8 Å². The van der Waals surface area contributed by atoms with Crippen LogP contribution in [0.1, 0.15) is 0 Å². The van der Waals surface area contributed by atoms with Crippen LogP contribution < -0.4 is 0 Å². The fraction of sp³-hybridized carbons (Fsp3) is 0. The Morgan fingerprint density at radius 1 is 0.410 bits per heavy atom. The first-order valence-electron chi connectivity index (χ1n) is 13.2. The Balaban J connectivity index is 1.26. The standard InChI is InChI=1S/C36H21NO2/c1-4-12-30-25(8-1)26-9-2-5-13-31(26)37(30)23-17-19-33-29(21-23)27-18-16-22(20-35(27)39-33)24-11-7-15-34-36(24)28-10-3-6-14-32(28)38-34/h1-21H.